The molecule has 3 rings (SSSR count). The normalized spacial score (nSPS) is 23.6. The molecular weight excluding hydrogens is 238 g/mol. The highest BCUT2D eigenvalue weighted by Gasteiger charge is 2.28. The molecule has 1 N–H and O–H groups in total. The van der Waals surface area contributed by atoms with E-state index in [2.05, 4.69) is 20.1 Å². The summed E-state index contributed by atoms with van der Waals surface area (Å²) < 4.78 is 7.39. The van der Waals surface area contributed by atoms with Crippen molar-refractivity contribution in [3.63, 3.8) is 0 Å². The van der Waals surface area contributed by atoms with E-state index in [1.54, 1.807) is 4.57 Å². The molecule has 3 heterocycles. The van der Waals surface area contributed by atoms with Crippen LogP contribution < -0.4 is 5.56 Å². The second kappa shape index (κ2) is 4.30. The van der Waals surface area contributed by atoms with Crippen molar-refractivity contribution < 1.29 is 4.74 Å². The summed E-state index contributed by atoms with van der Waals surface area (Å²) in [7, 11) is 0. The molecule has 2 aromatic heterocycles. The number of hydrogen-bond donors (Lipinski definition) is 1. The van der Waals surface area contributed by atoms with Crippen molar-refractivity contribution in [3.8, 4) is 0 Å². The smallest absolute Gasteiger partial charge is 0.278 e. The van der Waals surface area contributed by atoms with Crippen LogP contribution in [-0.4, -0.2) is 32.2 Å². The second-order valence-electron chi connectivity index (χ2n) is 4.16. The number of nitrogens with zero attached hydrogens (tertiary/aromatic N) is 4. The minimum absolute atomic E-state index is 0.150. The van der Waals surface area contributed by atoms with E-state index in [9.17, 15) is 9.70 Å². The second-order valence-corrected chi connectivity index (χ2v) is 4.16. The number of rotatable bonds is 3. The summed E-state index contributed by atoms with van der Waals surface area (Å²) in [4.78, 5) is 32.3. The highest BCUT2D eigenvalue weighted by atomic mass is 16.5. The molecule has 0 spiro atoms. The zero-order valence-corrected chi connectivity index (χ0v) is 9.44. The summed E-state index contributed by atoms with van der Waals surface area (Å²) >= 11 is 0. The third kappa shape index (κ3) is 1.70. The van der Waals surface area contributed by atoms with Crippen molar-refractivity contribution in [2.75, 3.05) is 6.54 Å². The van der Waals surface area contributed by atoms with E-state index in [4.69, 9.17) is 4.74 Å². The van der Waals surface area contributed by atoms with Gasteiger partial charge in [0.2, 0.25) is 0 Å². The van der Waals surface area contributed by atoms with Crippen LogP contribution in [0, 0.1) is 4.91 Å². The maximum absolute atomic E-state index is 11.5. The monoisotopic (exact) mass is 249 g/mol. The van der Waals surface area contributed by atoms with Gasteiger partial charge in [0.25, 0.3) is 5.56 Å². The van der Waals surface area contributed by atoms with Crippen molar-refractivity contribution in [2.24, 2.45) is 5.18 Å². The van der Waals surface area contributed by atoms with Gasteiger partial charge in [0, 0.05) is 0 Å². The molecule has 0 bridgehead atoms. The van der Waals surface area contributed by atoms with Crippen molar-refractivity contribution in [1.29, 1.82) is 0 Å². The van der Waals surface area contributed by atoms with Crippen molar-refractivity contribution in [2.45, 2.75) is 25.2 Å². The first-order valence-electron chi connectivity index (χ1n) is 5.64. The van der Waals surface area contributed by atoms with Crippen LogP contribution in [0.15, 0.2) is 22.6 Å². The Balaban J connectivity index is 1.94. The molecule has 0 radical (unpaired) electrons. The molecule has 0 saturated carbocycles. The molecule has 0 amide bonds. The van der Waals surface area contributed by atoms with Gasteiger partial charge in [-0.15, -0.1) is 0 Å². The number of nitrogens with one attached hydrogen (secondary N) is 1. The first-order valence-corrected chi connectivity index (χ1v) is 5.64. The molecular formula is C10H11N5O3. The third-order valence-corrected chi connectivity index (χ3v) is 3.04. The van der Waals surface area contributed by atoms with Crippen molar-refractivity contribution in [3.05, 3.63) is 27.9 Å². The van der Waals surface area contributed by atoms with Crippen LogP contribution in [0.25, 0.3) is 11.2 Å². The molecule has 1 fully saturated rings. The topological polar surface area (TPSA) is 102 Å². The summed E-state index contributed by atoms with van der Waals surface area (Å²) in [5, 5.41) is 2.84. The number of imidazole rings is 1. The summed E-state index contributed by atoms with van der Waals surface area (Å²) in [5.74, 6) is 0. The van der Waals surface area contributed by atoms with Crippen LogP contribution in [0.1, 0.15) is 19.1 Å². The van der Waals surface area contributed by atoms with Gasteiger partial charge in [-0.3, -0.25) is 9.36 Å². The Morgan fingerprint density at radius 1 is 1.50 bits per heavy atom. The van der Waals surface area contributed by atoms with E-state index in [-0.39, 0.29) is 30.0 Å². The number of nitroso groups, excluding NO2 is 1. The lowest BCUT2D eigenvalue weighted by molar-refractivity contribution is 0.00876. The Hall–Kier alpha value is -2.09. The summed E-state index contributed by atoms with van der Waals surface area (Å²) in [6.45, 7) is 0.150. The molecule has 0 aromatic carbocycles. The molecule has 1 aliphatic heterocycles. The van der Waals surface area contributed by atoms with Crippen molar-refractivity contribution in [1.82, 2.24) is 19.5 Å². The molecule has 2 aromatic rings. The van der Waals surface area contributed by atoms with E-state index in [0.717, 1.165) is 12.8 Å². The zero-order valence-electron chi connectivity index (χ0n) is 9.44. The van der Waals surface area contributed by atoms with E-state index in [1.807, 2.05) is 0 Å². The summed E-state index contributed by atoms with van der Waals surface area (Å²) in [5.41, 5.74) is 0.504. The van der Waals surface area contributed by atoms with Crippen LogP contribution in [0.4, 0.5) is 0 Å². The predicted molar refractivity (Wildman–Crippen MR) is 62.0 cm³/mol. The van der Waals surface area contributed by atoms with Crippen LogP contribution >= 0.6 is 0 Å². The SMILES string of the molecule is O=NCC1CCC(n2cnc3c(=O)[nH]cnc32)O1. The Kier molecular flexibility index (Phi) is 2.63. The maximum Gasteiger partial charge on any atom is 0.278 e. The lowest BCUT2D eigenvalue weighted by atomic mass is 10.2. The van der Waals surface area contributed by atoms with Gasteiger partial charge >= 0.3 is 0 Å². The van der Waals surface area contributed by atoms with Gasteiger partial charge in [0.05, 0.1) is 18.8 Å². The number of H-pyrrole nitrogens is 1. The Bertz CT molecular complexity index is 634. The van der Waals surface area contributed by atoms with Crippen LogP contribution in [0.3, 0.4) is 0 Å². The highest BCUT2D eigenvalue weighted by molar-refractivity contribution is 5.68. The molecule has 2 atom stereocenters. The number of hydrogen-bond acceptors (Lipinski definition) is 6. The average molecular weight is 249 g/mol. The fourth-order valence-electron chi connectivity index (χ4n) is 2.18. The first-order chi connectivity index (χ1) is 8.79. The summed E-state index contributed by atoms with van der Waals surface area (Å²) in [6.07, 6.45) is 3.98. The van der Waals surface area contributed by atoms with E-state index in [0.29, 0.717) is 5.65 Å². The molecule has 0 aliphatic carbocycles. The molecule has 1 aliphatic rings. The standard InChI is InChI=1S/C10H11N5O3/c16-10-8-9(11-4-12-10)15(5-13-8)7-2-1-6(18-7)3-14-17/h4-7H,1-3H2,(H,11,12,16). The highest BCUT2D eigenvalue weighted by Crippen LogP contribution is 2.29. The van der Waals surface area contributed by atoms with E-state index < -0.39 is 0 Å². The lowest BCUT2D eigenvalue weighted by Gasteiger charge is -2.13. The van der Waals surface area contributed by atoms with Gasteiger partial charge < -0.3 is 9.72 Å². The van der Waals surface area contributed by atoms with E-state index >= 15 is 0 Å². The van der Waals surface area contributed by atoms with Crippen molar-refractivity contribution >= 4 is 11.2 Å². The van der Waals surface area contributed by atoms with Crippen LogP contribution in [0.5, 0.6) is 0 Å². The van der Waals surface area contributed by atoms with Gasteiger partial charge in [0.1, 0.15) is 12.8 Å². The average Bonchev–Trinajstić information content (AvgIpc) is 2.96. The molecule has 18 heavy (non-hydrogen) atoms. The quantitative estimate of drug-likeness (QED) is 0.801. The zero-order chi connectivity index (χ0) is 12.5. The predicted octanol–water partition coefficient (Wildman–Crippen LogP) is 0.564. The minimum atomic E-state index is -0.275. The maximum atomic E-state index is 11.5. The van der Waals surface area contributed by atoms with Gasteiger partial charge in [-0.05, 0) is 12.8 Å². The number of aromatic nitrogens is 4. The molecule has 8 nitrogen and oxygen atoms in total. The fourth-order valence-corrected chi connectivity index (χ4v) is 2.18. The van der Waals surface area contributed by atoms with Gasteiger partial charge in [0.15, 0.2) is 11.2 Å². The molecule has 8 heteroatoms. The fraction of sp³-hybridized carbons (Fsp3) is 0.500. The number of ether oxygens (including phenoxy) is 1. The minimum Gasteiger partial charge on any atom is -0.353 e. The number of aromatic amines is 1. The van der Waals surface area contributed by atoms with Crippen LogP contribution in [-0.2, 0) is 4.74 Å². The Morgan fingerprint density at radius 3 is 3.22 bits per heavy atom. The van der Waals surface area contributed by atoms with E-state index in [1.165, 1.54) is 12.7 Å². The summed E-state index contributed by atoms with van der Waals surface area (Å²) in [6, 6.07) is 0. The molecule has 2 unspecified atom stereocenters. The van der Waals surface area contributed by atoms with Crippen LogP contribution in [0.2, 0.25) is 0 Å². The molecule has 1 saturated heterocycles. The Labute approximate surface area is 101 Å². The molecule has 94 valence electrons. The lowest BCUT2D eigenvalue weighted by Crippen LogP contribution is -2.14. The van der Waals surface area contributed by atoms with Gasteiger partial charge in [-0.1, -0.05) is 5.18 Å². The van der Waals surface area contributed by atoms with Gasteiger partial charge in [-0.2, -0.15) is 4.91 Å². The third-order valence-electron chi connectivity index (χ3n) is 3.04. The Morgan fingerprint density at radius 2 is 2.39 bits per heavy atom. The largest absolute Gasteiger partial charge is 0.353 e. The first kappa shape index (κ1) is 11.0. The number of fused-ring (bicyclic) bond motifs is 1. The van der Waals surface area contributed by atoms with Gasteiger partial charge in [-0.25, -0.2) is 9.97 Å².